The van der Waals surface area contributed by atoms with Crippen LogP contribution >= 0.6 is 0 Å². The second kappa shape index (κ2) is 5.83. The van der Waals surface area contributed by atoms with Gasteiger partial charge in [0.05, 0.1) is 12.2 Å². The molecule has 2 aromatic heterocycles. The van der Waals surface area contributed by atoms with E-state index in [-0.39, 0.29) is 5.56 Å². The van der Waals surface area contributed by atoms with Gasteiger partial charge in [0.25, 0.3) is 5.56 Å². The maximum atomic E-state index is 12.1. The third-order valence-electron chi connectivity index (χ3n) is 4.18. The van der Waals surface area contributed by atoms with Gasteiger partial charge in [-0.15, -0.1) is 0 Å². The zero-order valence-electron chi connectivity index (χ0n) is 12.8. The minimum atomic E-state index is -0.0715. The molecule has 0 amide bonds. The van der Waals surface area contributed by atoms with Crippen LogP contribution in [-0.4, -0.2) is 19.3 Å². The van der Waals surface area contributed by atoms with Crippen molar-refractivity contribution in [2.24, 2.45) is 0 Å². The van der Waals surface area contributed by atoms with E-state index in [2.05, 4.69) is 14.6 Å². The molecule has 0 unspecified atom stereocenters. The monoisotopic (exact) mass is 306 g/mol. The molecule has 5 nitrogen and oxygen atoms in total. The van der Waals surface area contributed by atoms with E-state index in [0.29, 0.717) is 12.5 Å². The van der Waals surface area contributed by atoms with Gasteiger partial charge in [-0.05, 0) is 18.9 Å². The molecule has 0 bridgehead atoms. The fourth-order valence-corrected chi connectivity index (χ4v) is 2.79. The van der Waals surface area contributed by atoms with Crippen LogP contribution in [-0.2, 0) is 13.1 Å². The van der Waals surface area contributed by atoms with Gasteiger partial charge < -0.3 is 4.57 Å². The molecule has 4 rings (SSSR count). The first-order chi connectivity index (χ1) is 11.3. The van der Waals surface area contributed by atoms with Crippen LogP contribution in [0, 0.1) is 0 Å². The van der Waals surface area contributed by atoms with E-state index in [4.69, 9.17) is 0 Å². The molecule has 0 spiro atoms. The summed E-state index contributed by atoms with van der Waals surface area (Å²) in [7, 11) is 0. The van der Waals surface area contributed by atoms with E-state index in [1.54, 1.807) is 16.8 Å². The molecule has 0 N–H and O–H groups in total. The molecule has 0 atom stereocenters. The summed E-state index contributed by atoms with van der Waals surface area (Å²) in [5.41, 5.74) is 1.76. The second-order valence-corrected chi connectivity index (χ2v) is 5.90. The Bertz CT molecular complexity index is 862. The van der Waals surface area contributed by atoms with E-state index in [0.717, 1.165) is 23.6 Å². The summed E-state index contributed by atoms with van der Waals surface area (Å²) in [6.07, 6.45) is 6.27. The highest BCUT2D eigenvalue weighted by Gasteiger charge is 2.27. The van der Waals surface area contributed by atoms with Crippen molar-refractivity contribution in [3.63, 3.8) is 0 Å². The second-order valence-electron chi connectivity index (χ2n) is 5.90. The van der Waals surface area contributed by atoms with Crippen molar-refractivity contribution >= 4 is 0 Å². The van der Waals surface area contributed by atoms with Gasteiger partial charge in [-0.2, -0.15) is 5.10 Å². The normalized spacial score (nSPS) is 14.1. The van der Waals surface area contributed by atoms with Gasteiger partial charge in [0.15, 0.2) is 0 Å². The highest BCUT2D eigenvalue weighted by Crippen LogP contribution is 2.38. The highest BCUT2D eigenvalue weighted by molar-refractivity contribution is 5.57. The highest BCUT2D eigenvalue weighted by atomic mass is 16.1. The van der Waals surface area contributed by atoms with Crippen LogP contribution in [0.15, 0.2) is 59.7 Å². The first kappa shape index (κ1) is 13.9. The van der Waals surface area contributed by atoms with Gasteiger partial charge in [-0.1, -0.05) is 30.3 Å². The Hall–Kier alpha value is -2.69. The number of imidazole rings is 1. The van der Waals surface area contributed by atoms with Crippen molar-refractivity contribution in [1.29, 1.82) is 0 Å². The average Bonchev–Trinajstić information content (AvgIpc) is 3.33. The summed E-state index contributed by atoms with van der Waals surface area (Å²) >= 11 is 0. The van der Waals surface area contributed by atoms with Gasteiger partial charge in [0.1, 0.15) is 5.82 Å². The molecule has 0 radical (unpaired) electrons. The van der Waals surface area contributed by atoms with Crippen LogP contribution < -0.4 is 5.56 Å². The molecular weight excluding hydrogens is 288 g/mol. The van der Waals surface area contributed by atoms with Crippen LogP contribution in [0.1, 0.15) is 24.6 Å². The Morgan fingerprint density at radius 2 is 1.87 bits per heavy atom. The molecule has 1 aliphatic rings. The zero-order valence-corrected chi connectivity index (χ0v) is 12.8. The third kappa shape index (κ3) is 2.95. The lowest BCUT2D eigenvalue weighted by molar-refractivity contribution is 0.501. The Morgan fingerprint density at radius 1 is 1.04 bits per heavy atom. The van der Waals surface area contributed by atoms with Crippen molar-refractivity contribution in [2.75, 3.05) is 0 Å². The third-order valence-corrected chi connectivity index (χ3v) is 4.18. The minimum absolute atomic E-state index is 0.0715. The maximum absolute atomic E-state index is 12.1. The van der Waals surface area contributed by atoms with Gasteiger partial charge in [-0.25, -0.2) is 9.67 Å². The lowest BCUT2D eigenvalue weighted by Crippen LogP contribution is -2.24. The Labute approximate surface area is 134 Å². The summed E-state index contributed by atoms with van der Waals surface area (Å²) < 4.78 is 3.68. The van der Waals surface area contributed by atoms with Gasteiger partial charge in [0, 0.05) is 36.5 Å². The summed E-state index contributed by atoms with van der Waals surface area (Å²) in [6.45, 7) is 1.27. The predicted molar refractivity (Wildman–Crippen MR) is 88.1 cm³/mol. The number of aryl methyl sites for hydroxylation is 2. The number of hydrogen-bond acceptors (Lipinski definition) is 3. The van der Waals surface area contributed by atoms with E-state index >= 15 is 0 Å². The molecule has 0 saturated heterocycles. The topological polar surface area (TPSA) is 52.7 Å². The lowest BCUT2D eigenvalue weighted by atomic mass is 10.1. The van der Waals surface area contributed by atoms with Crippen LogP contribution in [0.3, 0.4) is 0 Å². The molecule has 0 aliphatic heterocycles. The summed E-state index contributed by atoms with van der Waals surface area (Å²) in [5, 5.41) is 4.50. The van der Waals surface area contributed by atoms with Crippen LogP contribution in [0.4, 0.5) is 0 Å². The number of rotatable bonds is 5. The summed E-state index contributed by atoms with van der Waals surface area (Å²) in [5.74, 6) is 1.74. The lowest BCUT2D eigenvalue weighted by Gasteiger charge is -2.10. The van der Waals surface area contributed by atoms with Crippen molar-refractivity contribution in [3.05, 3.63) is 71.0 Å². The number of aromatic nitrogens is 4. The maximum Gasteiger partial charge on any atom is 0.266 e. The van der Waals surface area contributed by atoms with Crippen LogP contribution in [0.25, 0.3) is 11.3 Å². The van der Waals surface area contributed by atoms with Gasteiger partial charge in [0.2, 0.25) is 0 Å². The molecule has 1 aliphatic carbocycles. The Morgan fingerprint density at radius 3 is 2.65 bits per heavy atom. The van der Waals surface area contributed by atoms with Crippen molar-refractivity contribution in [1.82, 2.24) is 19.3 Å². The molecule has 116 valence electrons. The summed E-state index contributed by atoms with van der Waals surface area (Å²) in [6, 6.07) is 13.3. The van der Waals surface area contributed by atoms with Crippen molar-refractivity contribution in [3.8, 4) is 11.3 Å². The molecule has 2 heterocycles. The van der Waals surface area contributed by atoms with Crippen LogP contribution in [0.5, 0.6) is 0 Å². The molecule has 3 aromatic rings. The molecule has 1 fully saturated rings. The van der Waals surface area contributed by atoms with E-state index < -0.39 is 0 Å². The van der Waals surface area contributed by atoms with Gasteiger partial charge in [-0.3, -0.25) is 4.79 Å². The first-order valence-electron chi connectivity index (χ1n) is 7.96. The van der Waals surface area contributed by atoms with E-state index in [1.165, 1.54) is 12.8 Å². The van der Waals surface area contributed by atoms with E-state index in [9.17, 15) is 4.79 Å². The minimum Gasteiger partial charge on any atom is -0.333 e. The number of benzene rings is 1. The standard InChI is InChI=1S/C18H18N4O/c23-17-9-8-16(14-4-2-1-3-5-14)20-22(17)13-12-21-11-10-19-18(21)15-6-7-15/h1-5,8-11,15H,6-7,12-13H2. The molecule has 23 heavy (non-hydrogen) atoms. The van der Waals surface area contributed by atoms with Gasteiger partial charge >= 0.3 is 0 Å². The summed E-state index contributed by atoms with van der Waals surface area (Å²) in [4.78, 5) is 16.5. The number of hydrogen-bond donors (Lipinski definition) is 0. The molecule has 1 saturated carbocycles. The fraction of sp³-hybridized carbons (Fsp3) is 0.278. The molecular formula is C18H18N4O. The average molecular weight is 306 g/mol. The van der Waals surface area contributed by atoms with E-state index in [1.807, 2.05) is 42.7 Å². The smallest absolute Gasteiger partial charge is 0.266 e. The SMILES string of the molecule is O=c1ccc(-c2ccccc2)nn1CCn1ccnc1C1CC1. The number of nitrogens with zero attached hydrogens (tertiary/aromatic N) is 4. The zero-order chi connectivity index (χ0) is 15.6. The first-order valence-corrected chi connectivity index (χ1v) is 7.96. The molecule has 5 heteroatoms. The quantitative estimate of drug-likeness (QED) is 0.728. The Balaban J connectivity index is 1.56. The van der Waals surface area contributed by atoms with Crippen molar-refractivity contribution in [2.45, 2.75) is 31.8 Å². The predicted octanol–water partition coefficient (Wildman–Crippen LogP) is 2.68. The molecule has 1 aromatic carbocycles. The largest absolute Gasteiger partial charge is 0.333 e. The van der Waals surface area contributed by atoms with Crippen LogP contribution in [0.2, 0.25) is 0 Å². The fourth-order valence-electron chi connectivity index (χ4n) is 2.79. The Kier molecular flexibility index (Phi) is 3.54. The van der Waals surface area contributed by atoms with Crippen molar-refractivity contribution < 1.29 is 0 Å².